The third kappa shape index (κ3) is 3.48. The Hall–Kier alpha value is -2.22. The van der Waals surface area contributed by atoms with Crippen molar-refractivity contribution in [3.63, 3.8) is 0 Å². The van der Waals surface area contributed by atoms with Crippen molar-refractivity contribution >= 4 is 5.91 Å². The van der Waals surface area contributed by atoms with Crippen molar-refractivity contribution < 1.29 is 27.8 Å². The highest BCUT2D eigenvalue weighted by atomic mass is 19.4. The van der Waals surface area contributed by atoms with Crippen LogP contribution in [0.2, 0.25) is 0 Å². The molecular weight excluding hydrogens is 325 g/mol. The fourth-order valence-corrected chi connectivity index (χ4v) is 2.23. The Morgan fingerprint density at radius 2 is 1.96 bits per heavy atom. The monoisotopic (exact) mass is 344 g/mol. The lowest BCUT2D eigenvalue weighted by Crippen LogP contribution is -2.60. The van der Waals surface area contributed by atoms with Crippen LogP contribution >= 0.6 is 0 Å². The summed E-state index contributed by atoms with van der Waals surface area (Å²) < 4.78 is 44.8. The molecule has 2 N–H and O–H groups in total. The predicted octanol–water partition coefficient (Wildman–Crippen LogP) is 2.98. The maximum Gasteiger partial charge on any atom is 0.442 e. The maximum absolute atomic E-state index is 13.1. The van der Waals surface area contributed by atoms with E-state index in [0.29, 0.717) is 18.4 Å². The molecule has 1 aliphatic rings. The number of carbonyl (C=O) groups is 1. The summed E-state index contributed by atoms with van der Waals surface area (Å²) in [4.78, 5) is 12.4. The summed E-state index contributed by atoms with van der Waals surface area (Å²) >= 11 is 0. The second kappa shape index (κ2) is 6.72. The second-order valence-corrected chi connectivity index (χ2v) is 5.53. The molecule has 5 nitrogen and oxygen atoms in total. The molecule has 0 spiro atoms. The van der Waals surface area contributed by atoms with Gasteiger partial charge in [-0.15, -0.1) is 0 Å². The standard InChI is InChI=1S/C16H19F3N2O3/c1-3-4-9-24-13-7-5-12(6-8-13)14(22)21-15(23,16(17,18)19)10-11(2)20-21/h5-8,10,20,23H,3-4,9H2,1-2H3. The van der Waals surface area contributed by atoms with E-state index in [-0.39, 0.29) is 16.3 Å². The topological polar surface area (TPSA) is 61.8 Å². The van der Waals surface area contributed by atoms with E-state index in [0.717, 1.165) is 12.8 Å². The highest BCUT2D eigenvalue weighted by molar-refractivity contribution is 5.95. The zero-order valence-electron chi connectivity index (χ0n) is 13.4. The first kappa shape index (κ1) is 18.1. The first-order valence-corrected chi connectivity index (χ1v) is 7.51. The lowest BCUT2D eigenvalue weighted by atomic mass is 10.1. The normalized spacial score (nSPS) is 20.6. The van der Waals surface area contributed by atoms with Crippen LogP contribution in [0.15, 0.2) is 36.0 Å². The molecule has 0 aliphatic carbocycles. The smallest absolute Gasteiger partial charge is 0.442 e. The second-order valence-electron chi connectivity index (χ2n) is 5.53. The summed E-state index contributed by atoms with van der Waals surface area (Å²) in [6, 6.07) is 5.73. The molecule has 24 heavy (non-hydrogen) atoms. The summed E-state index contributed by atoms with van der Waals surface area (Å²) in [6.45, 7) is 3.87. The number of carbonyl (C=O) groups excluding carboxylic acids is 1. The van der Waals surface area contributed by atoms with Crippen LogP contribution in [0.4, 0.5) is 13.2 Å². The molecule has 8 heteroatoms. The van der Waals surface area contributed by atoms with Crippen LogP contribution in [-0.2, 0) is 0 Å². The van der Waals surface area contributed by atoms with Crippen molar-refractivity contribution in [2.45, 2.75) is 38.6 Å². The van der Waals surface area contributed by atoms with E-state index in [1.807, 2.05) is 6.92 Å². The van der Waals surface area contributed by atoms with Gasteiger partial charge in [-0.25, -0.2) is 5.01 Å². The van der Waals surface area contributed by atoms with Crippen LogP contribution < -0.4 is 10.2 Å². The van der Waals surface area contributed by atoms with Crippen LogP contribution in [-0.4, -0.2) is 34.5 Å². The number of amides is 1. The average molecular weight is 344 g/mol. The lowest BCUT2D eigenvalue weighted by Gasteiger charge is -2.33. The van der Waals surface area contributed by atoms with Gasteiger partial charge < -0.3 is 9.84 Å². The molecule has 1 aromatic carbocycles. The van der Waals surface area contributed by atoms with Gasteiger partial charge in [-0.05, 0) is 43.7 Å². The van der Waals surface area contributed by atoms with Gasteiger partial charge in [0.1, 0.15) is 5.75 Å². The van der Waals surface area contributed by atoms with Gasteiger partial charge in [0, 0.05) is 11.3 Å². The quantitative estimate of drug-likeness (QED) is 0.806. The molecule has 1 aromatic rings. The van der Waals surface area contributed by atoms with Crippen molar-refractivity contribution in [2.75, 3.05) is 6.61 Å². The minimum atomic E-state index is -5.03. The molecule has 0 aromatic heterocycles. The number of hydrogen-bond donors (Lipinski definition) is 2. The van der Waals surface area contributed by atoms with Gasteiger partial charge in [-0.1, -0.05) is 13.3 Å². The van der Waals surface area contributed by atoms with E-state index in [1.54, 1.807) is 0 Å². The molecule has 1 atom stereocenters. The molecule has 2 rings (SSSR count). The number of alkyl halides is 3. The van der Waals surface area contributed by atoms with E-state index in [2.05, 4.69) is 5.43 Å². The van der Waals surface area contributed by atoms with Crippen LogP contribution in [0.1, 0.15) is 37.0 Å². The number of allylic oxidation sites excluding steroid dienone is 1. The minimum Gasteiger partial charge on any atom is -0.494 e. The molecule has 0 radical (unpaired) electrons. The van der Waals surface area contributed by atoms with Gasteiger partial charge >= 0.3 is 6.18 Å². The number of hydrazine groups is 1. The van der Waals surface area contributed by atoms with Gasteiger partial charge in [0.15, 0.2) is 0 Å². The highest BCUT2D eigenvalue weighted by Gasteiger charge is 2.61. The zero-order chi connectivity index (χ0) is 18.0. The van der Waals surface area contributed by atoms with Crippen molar-refractivity contribution in [1.82, 2.24) is 10.4 Å². The Kier molecular flexibility index (Phi) is 5.08. The third-order valence-electron chi connectivity index (χ3n) is 3.54. The summed E-state index contributed by atoms with van der Waals surface area (Å²) in [5.41, 5.74) is -1.11. The van der Waals surface area contributed by atoms with Gasteiger partial charge in [0.2, 0.25) is 0 Å². The summed E-state index contributed by atoms with van der Waals surface area (Å²) in [7, 11) is 0. The first-order chi connectivity index (χ1) is 11.2. The SMILES string of the molecule is CCCCOc1ccc(C(=O)N2NC(C)=CC2(O)C(F)(F)F)cc1. The van der Waals surface area contributed by atoms with E-state index in [9.17, 15) is 23.1 Å². The lowest BCUT2D eigenvalue weighted by molar-refractivity contribution is -0.283. The molecule has 0 fully saturated rings. The number of unbranched alkanes of at least 4 members (excludes halogenated alkanes) is 1. The Labute approximate surface area is 137 Å². The van der Waals surface area contributed by atoms with Crippen LogP contribution in [0.3, 0.4) is 0 Å². The van der Waals surface area contributed by atoms with Crippen LogP contribution in [0, 0.1) is 0 Å². The molecule has 0 saturated heterocycles. The number of nitrogens with one attached hydrogen (secondary N) is 1. The molecule has 1 amide bonds. The molecule has 132 valence electrons. The van der Waals surface area contributed by atoms with Crippen molar-refractivity contribution in [2.24, 2.45) is 0 Å². The Morgan fingerprint density at radius 1 is 1.33 bits per heavy atom. The maximum atomic E-state index is 13.1. The van der Waals surface area contributed by atoms with E-state index in [1.165, 1.54) is 31.2 Å². The largest absolute Gasteiger partial charge is 0.494 e. The van der Waals surface area contributed by atoms with Crippen LogP contribution in [0.5, 0.6) is 5.75 Å². The predicted molar refractivity (Wildman–Crippen MR) is 80.9 cm³/mol. The number of benzene rings is 1. The summed E-state index contributed by atoms with van der Waals surface area (Å²) in [6.07, 6.45) is -2.62. The number of rotatable bonds is 5. The molecule has 1 heterocycles. The van der Waals surface area contributed by atoms with Crippen molar-refractivity contribution in [3.8, 4) is 5.75 Å². The molecule has 0 saturated carbocycles. The van der Waals surface area contributed by atoms with Gasteiger partial charge in [-0.2, -0.15) is 13.2 Å². The number of nitrogens with zero attached hydrogens (tertiary/aromatic N) is 1. The number of halogens is 3. The third-order valence-corrected chi connectivity index (χ3v) is 3.54. The molecule has 1 aliphatic heterocycles. The summed E-state index contributed by atoms with van der Waals surface area (Å²) in [5.74, 6) is -0.474. The minimum absolute atomic E-state index is 0.00360. The molecule has 0 bridgehead atoms. The molecular formula is C16H19F3N2O3. The Bertz CT molecular complexity index is 628. The van der Waals surface area contributed by atoms with E-state index < -0.39 is 17.8 Å². The fourth-order valence-electron chi connectivity index (χ4n) is 2.23. The first-order valence-electron chi connectivity index (χ1n) is 7.51. The van der Waals surface area contributed by atoms with E-state index >= 15 is 0 Å². The number of hydrogen-bond acceptors (Lipinski definition) is 4. The van der Waals surface area contributed by atoms with Gasteiger partial charge in [0.05, 0.1) is 6.61 Å². The van der Waals surface area contributed by atoms with Crippen molar-refractivity contribution in [1.29, 1.82) is 0 Å². The zero-order valence-corrected chi connectivity index (χ0v) is 13.4. The van der Waals surface area contributed by atoms with Gasteiger partial charge in [0.25, 0.3) is 11.6 Å². The van der Waals surface area contributed by atoms with Crippen LogP contribution in [0.25, 0.3) is 0 Å². The highest BCUT2D eigenvalue weighted by Crippen LogP contribution is 2.38. The Morgan fingerprint density at radius 3 is 2.50 bits per heavy atom. The Balaban J connectivity index is 2.16. The molecule has 1 unspecified atom stereocenters. The average Bonchev–Trinajstić information content (AvgIpc) is 2.83. The van der Waals surface area contributed by atoms with Gasteiger partial charge in [-0.3, -0.25) is 10.2 Å². The summed E-state index contributed by atoms with van der Waals surface area (Å²) in [5, 5.41) is 10.1. The fraction of sp³-hybridized carbons (Fsp3) is 0.438. The van der Waals surface area contributed by atoms with E-state index in [4.69, 9.17) is 4.74 Å². The number of aliphatic hydroxyl groups is 1. The number of ether oxygens (including phenoxy) is 1. The van der Waals surface area contributed by atoms with Crippen molar-refractivity contribution in [3.05, 3.63) is 41.6 Å².